The van der Waals surface area contributed by atoms with Gasteiger partial charge >= 0.3 is 0 Å². The molecule has 1 amide bonds. The average molecular weight is 494 g/mol. The Bertz CT molecular complexity index is 1200. The molecular weight excluding hydrogens is 462 g/mol. The van der Waals surface area contributed by atoms with Crippen LogP contribution in [0.3, 0.4) is 0 Å². The highest BCUT2D eigenvalue weighted by Gasteiger charge is 2.31. The van der Waals surface area contributed by atoms with Crippen LogP contribution >= 0.6 is 0 Å². The Labute approximate surface area is 196 Å². The maximum atomic E-state index is 12.9. The molecule has 10 heteroatoms. The first-order valence-electron chi connectivity index (χ1n) is 10.7. The van der Waals surface area contributed by atoms with E-state index in [4.69, 9.17) is 0 Å². The number of hydrogen-bond donors (Lipinski definition) is 0. The molecule has 3 rings (SSSR count). The first kappa shape index (κ1) is 25.2. The molecule has 1 atom stereocenters. The van der Waals surface area contributed by atoms with Gasteiger partial charge in [-0.05, 0) is 49.2 Å². The Balaban J connectivity index is 1.60. The SMILES string of the molecule is Cc1cccc(N2CCN(S(=O)(=O)CC(=O)N(C)C(C)c3ccc(S(C)(=O)=O)cc3)CC2)c1. The van der Waals surface area contributed by atoms with Crippen LogP contribution in [-0.4, -0.2) is 77.2 Å². The molecule has 1 fully saturated rings. The minimum atomic E-state index is -3.75. The lowest BCUT2D eigenvalue weighted by Crippen LogP contribution is -2.50. The predicted octanol–water partition coefficient (Wildman–Crippen LogP) is 2.07. The van der Waals surface area contributed by atoms with Gasteiger partial charge in [-0.15, -0.1) is 0 Å². The van der Waals surface area contributed by atoms with E-state index in [-0.39, 0.29) is 4.90 Å². The van der Waals surface area contributed by atoms with Crippen molar-refractivity contribution in [2.45, 2.75) is 24.8 Å². The van der Waals surface area contributed by atoms with E-state index < -0.39 is 37.6 Å². The minimum absolute atomic E-state index is 0.194. The fraction of sp³-hybridized carbons (Fsp3) is 0.435. The van der Waals surface area contributed by atoms with Gasteiger partial charge in [0, 0.05) is 45.2 Å². The van der Waals surface area contributed by atoms with Gasteiger partial charge < -0.3 is 9.80 Å². The van der Waals surface area contributed by atoms with Crippen molar-refractivity contribution in [3.05, 3.63) is 59.7 Å². The Morgan fingerprint density at radius 3 is 2.15 bits per heavy atom. The zero-order chi connectivity index (χ0) is 24.4. The number of amides is 1. The van der Waals surface area contributed by atoms with Crippen LogP contribution < -0.4 is 4.90 Å². The Kier molecular flexibility index (Phi) is 7.50. The summed E-state index contributed by atoms with van der Waals surface area (Å²) in [4.78, 5) is 16.5. The van der Waals surface area contributed by atoms with Crippen molar-refractivity contribution in [1.29, 1.82) is 0 Å². The van der Waals surface area contributed by atoms with E-state index in [1.807, 2.05) is 25.1 Å². The van der Waals surface area contributed by atoms with Gasteiger partial charge in [-0.3, -0.25) is 4.79 Å². The zero-order valence-electron chi connectivity index (χ0n) is 19.4. The van der Waals surface area contributed by atoms with Crippen LogP contribution in [0.15, 0.2) is 53.4 Å². The monoisotopic (exact) mass is 493 g/mol. The summed E-state index contributed by atoms with van der Waals surface area (Å²) in [6.07, 6.45) is 1.13. The smallest absolute Gasteiger partial charge is 0.239 e. The largest absolute Gasteiger partial charge is 0.369 e. The summed E-state index contributed by atoms with van der Waals surface area (Å²) in [5.41, 5.74) is 2.94. The lowest BCUT2D eigenvalue weighted by Gasteiger charge is -2.35. The van der Waals surface area contributed by atoms with Crippen molar-refractivity contribution >= 4 is 31.5 Å². The fourth-order valence-corrected chi connectivity index (χ4v) is 5.88. The van der Waals surface area contributed by atoms with E-state index in [1.54, 1.807) is 26.1 Å². The molecule has 8 nitrogen and oxygen atoms in total. The highest BCUT2D eigenvalue weighted by atomic mass is 32.2. The van der Waals surface area contributed by atoms with Crippen molar-refractivity contribution in [3.8, 4) is 0 Å². The maximum absolute atomic E-state index is 12.9. The summed E-state index contributed by atoms with van der Waals surface area (Å²) in [6.45, 7) is 5.59. The van der Waals surface area contributed by atoms with Crippen LogP contribution in [0, 0.1) is 6.92 Å². The van der Waals surface area contributed by atoms with Crippen molar-refractivity contribution in [3.63, 3.8) is 0 Å². The molecule has 33 heavy (non-hydrogen) atoms. The van der Waals surface area contributed by atoms with Crippen molar-refractivity contribution in [2.75, 3.05) is 50.1 Å². The maximum Gasteiger partial charge on any atom is 0.239 e. The van der Waals surface area contributed by atoms with Gasteiger partial charge in [-0.2, -0.15) is 4.31 Å². The summed E-state index contributed by atoms with van der Waals surface area (Å²) in [5, 5.41) is 0. The normalized spacial score (nSPS) is 16.4. The molecule has 0 bridgehead atoms. The number of sulfone groups is 1. The molecule has 0 aromatic heterocycles. The molecule has 0 saturated carbocycles. The molecular formula is C23H31N3O5S2. The number of rotatable bonds is 7. The van der Waals surface area contributed by atoms with E-state index >= 15 is 0 Å². The summed E-state index contributed by atoms with van der Waals surface area (Å²) in [5.74, 6) is -1.10. The number of hydrogen-bond acceptors (Lipinski definition) is 6. The average Bonchev–Trinajstić information content (AvgIpc) is 2.77. The number of benzene rings is 2. The molecule has 0 N–H and O–H groups in total. The highest BCUT2D eigenvalue weighted by Crippen LogP contribution is 2.22. The second-order valence-electron chi connectivity index (χ2n) is 8.50. The Morgan fingerprint density at radius 1 is 1.00 bits per heavy atom. The summed E-state index contributed by atoms with van der Waals surface area (Å²) < 4.78 is 50.5. The number of anilines is 1. The predicted molar refractivity (Wildman–Crippen MR) is 129 cm³/mol. The van der Waals surface area contributed by atoms with Gasteiger partial charge in [0.2, 0.25) is 15.9 Å². The standard InChI is InChI=1S/C23H31N3O5S2/c1-18-6-5-7-21(16-18)25-12-14-26(15-13-25)33(30,31)17-23(27)24(3)19(2)20-8-10-22(11-9-20)32(4,28)29/h5-11,16,19H,12-15,17H2,1-4H3. The number of aryl methyl sites for hydroxylation is 1. The summed E-state index contributed by atoms with van der Waals surface area (Å²) in [7, 11) is -5.50. The number of sulfonamides is 1. The number of nitrogens with zero attached hydrogens (tertiary/aromatic N) is 3. The van der Waals surface area contributed by atoms with Gasteiger partial charge in [0.15, 0.2) is 9.84 Å². The minimum Gasteiger partial charge on any atom is -0.369 e. The van der Waals surface area contributed by atoms with Crippen molar-refractivity contribution < 1.29 is 21.6 Å². The van der Waals surface area contributed by atoms with Gasteiger partial charge in [-0.1, -0.05) is 24.3 Å². The molecule has 1 saturated heterocycles. The molecule has 0 spiro atoms. The molecule has 1 heterocycles. The van der Waals surface area contributed by atoms with Crippen LogP contribution in [0.2, 0.25) is 0 Å². The topological polar surface area (TPSA) is 95.1 Å². The third kappa shape index (κ3) is 6.13. The third-order valence-corrected chi connectivity index (χ3v) is 8.96. The van der Waals surface area contributed by atoms with Gasteiger partial charge in [0.1, 0.15) is 5.75 Å². The molecule has 2 aromatic carbocycles. The highest BCUT2D eigenvalue weighted by molar-refractivity contribution is 7.90. The van der Waals surface area contributed by atoms with Gasteiger partial charge in [0.25, 0.3) is 0 Å². The molecule has 0 radical (unpaired) electrons. The van der Waals surface area contributed by atoms with Gasteiger partial charge in [-0.25, -0.2) is 16.8 Å². The second kappa shape index (κ2) is 9.82. The summed E-state index contributed by atoms with van der Waals surface area (Å²) >= 11 is 0. The first-order valence-corrected chi connectivity index (χ1v) is 14.2. The van der Waals surface area contributed by atoms with Crippen LogP contribution in [-0.2, 0) is 24.7 Å². The molecule has 1 aliphatic rings. The fourth-order valence-electron chi connectivity index (χ4n) is 3.83. The van der Waals surface area contributed by atoms with Crippen LogP contribution in [0.5, 0.6) is 0 Å². The molecule has 180 valence electrons. The molecule has 1 unspecified atom stereocenters. The van der Waals surface area contributed by atoms with Crippen LogP contribution in [0.25, 0.3) is 0 Å². The first-order chi connectivity index (χ1) is 15.4. The lowest BCUT2D eigenvalue weighted by molar-refractivity contribution is -0.129. The van der Waals surface area contributed by atoms with E-state index in [9.17, 15) is 21.6 Å². The van der Waals surface area contributed by atoms with E-state index in [0.717, 1.165) is 23.1 Å². The quantitative estimate of drug-likeness (QED) is 0.586. The lowest BCUT2D eigenvalue weighted by atomic mass is 10.1. The van der Waals surface area contributed by atoms with E-state index in [1.165, 1.54) is 21.3 Å². The van der Waals surface area contributed by atoms with E-state index in [2.05, 4.69) is 11.0 Å². The second-order valence-corrected chi connectivity index (χ2v) is 12.5. The summed E-state index contributed by atoms with van der Waals surface area (Å²) in [6, 6.07) is 14.0. The molecule has 0 aliphatic carbocycles. The van der Waals surface area contributed by atoms with E-state index in [0.29, 0.717) is 26.2 Å². The van der Waals surface area contributed by atoms with Gasteiger partial charge in [0.05, 0.1) is 10.9 Å². The van der Waals surface area contributed by atoms with Crippen molar-refractivity contribution in [1.82, 2.24) is 9.21 Å². The molecule has 2 aromatic rings. The Morgan fingerprint density at radius 2 is 1.61 bits per heavy atom. The third-order valence-electron chi connectivity index (χ3n) is 6.07. The number of piperazine rings is 1. The van der Waals surface area contributed by atoms with Crippen LogP contribution in [0.4, 0.5) is 5.69 Å². The Hall–Kier alpha value is -2.43. The number of carbonyl (C=O) groups excluding carboxylic acids is 1. The molecule has 1 aliphatic heterocycles. The van der Waals surface area contributed by atoms with Crippen molar-refractivity contribution in [2.24, 2.45) is 0 Å². The zero-order valence-corrected chi connectivity index (χ0v) is 21.1. The number of carbonyl (C=O) groups is 1. The van der Waals surface area contributed by atoms with Crippen LogP contribution in [0.1, 0.15) is 24.1 Å².